The second-order valence-electron chi connectivity index (χ2n) is 13.8. The van der Waals surface area contributed by atoms with Gasteiger partial charge in [0.15, 0.2) is 0 Å². The molecule has 0 amide bonds. The van der Waals surface area contributed by atoms with Crippen LogP contribution in [0.2, 0.25) is 12.6 Å². The van der Waals surface area contributed by atoms with E-state index in [-0.39, 0.29) is 0 Å². The smallest absolute Gasteiger partial charge is 0.349 e. The summed E-state index contributed by atoms with van der Waals surface area (Å²) in [6, 6.07) is 17.4. The van der Waals surface area contributed by atoms with Crippen molar-refractivity contribution >= 4 is 14.6 Å². The molecule has 0 aliphatic carbocycles. The van der Waals surface area contributed by atoms with Crippen molar-refractivity contribution in [3.63, 3.8) is 0 Å². The average Bonchev–Trinajstić information content (AvgIpc) is 3.92. The molecule has 0 fully saturated rings. The minimum Gasteiger partial charge on any atom is -0.349 e. The Hall–Kier alpha value is -5.41. The molecule has 0 saturated carbocycles. The van der Waals surface area contributed by atoms with Gasteiger partial charge in [-0.2, -0.15) is 52.7 Å². The predicted octanol–water partition coefficient (Wildman–Crippen LogP) is 12.3. The lowest BCUT2D eigenvalue weighted by Crippen LogP contribution is -2.22. The van der Waals surface area contributed by atoms with Gasteiger partial charge in [-0.3, -0.25) is 0 Å². The van der Waals surface area contributed by atoms with Crippen LogP contribution in [-0.4, -0.2) is 34.5 Å². The molecule has 306 valence electrons. The molecule has 18 heteroatoms. The van der Waals surface area contributed by atoms with Gasteiger partial charge in [-0.25, -0.2) is 9.97 Å². The van der Waals surface area contributed by atoms with Gasteiger partial charge in [0.2, 0.25) is 0 Å². The van der Waals surface area contributed by atoms with E-state index in [1.165, 1.54) is 73.3 Å². The maximum atomic E-state index is 13.5. The van der Waals surface area contributed by atoms with Gasteiger partial charge in [-0.15, -0.1) is 0 Å². The first kappa shape index (κ1) is 43.2. The predicted molar refractivity (Wildman–Crippen MR) is 198 cm³/mol. The Morgan fingerprint density at radius 2 is 0.661 bits per heavy atom. The minimum absolute atomic E-state index is 0.343. The number of rotatable bonds is 14. The summed E-state index contributed by atoms with van der Waals surface area (Å²) in [5, 5.41) is 0. The summed E-state index contributed by atoms with van der Waals surface area (Å²) in [4.78, 5) is 14.8. The van der Waals surface area contributed by atoms with Crippen LogP contribution in [0, 0.1) is 0 Å². The number of benzene rings is 4. The number of nitrogens with zero attached hydrogens (tertiary/aromatic N) is 2. The fourth-order valence-corrected chi connectivity index (χ4v) is 7.18. The number of hydrogen-bond donors (Lipinski definition) is 2. The molecule has 2 heterocycles. The third-order valence-electron chi connectivity index (χ3n) is 10.0. The molecule has 4 aromatic carbocycles. The second-order valence-corrected chi connectivity index (χ2v) is 13.8. The fraction of sp³-hybridized carbons (Fsp3) is 0.268. The monoisotopic (exact) mass is 830 g/mol. The lowest BCUT2D eigenvalue weighted by molar-refractivity contribution is -0.138. The topological polar surface area (TPSA) is 57.4 Å². The standard InChI is InChI=1S/C41H32B2F12N4/c44-38(45,46)28-10-2-24(3-11-28)32(25-4-12-29(13-5-25)39(47,48)49)34(36-56-20-21-57-36)42-18-1-19-43-35(37-58-22-23-59-37)33(26-6-14-30(15-7-26)40(50,51)52)27-8-16-31(17-9-27)41(53,54)55/h2-17,20-23,32-35H,1,18-19H2,(H,56,57)(H,58,59). The van der Waals surface area contributed by atoms with Crippen molar-refractivity contribution < 1.29 is 52.7 Å². The molecule has 2 atom stereocenters. The zero-order valence-corrected chi connectivity index (χ0v) is 30.6. The summed E-state index contributed by atoms with van der Waals surface area (Å²) < 4.78 is 162. The van der Waals surface area contributed by atoms with Crippen LogP contribution in [0.1, 0.15) is 86.0 Å². The van der Waals surface area contributed by atoms with Crippen molar-refractivity contribution in [1.82, 2.24) is 19.9 Å². The molecule has 2 unspecified atom stereocenters. The van der Waals surface area contributed by atoms with E-state index >= 15 is 0 Å². The van der Waals surface area contributed by atoms with E-state index in [9.17, 15) is 52.7 Å². The van der Waals surface area contributed by atoms with E-state index in [0.29, 0.717) is 53.0 Å². The Morgan fingerprint density at radius 3 is 0.864 bits per heavy atom. The first-order chi connectivity index (χ1) is 27.8. The van der Waals surface area contributed by atoms with Crippen LogP contribution < -0.4 is 0 Å². The largest absolute Gasteiger partial charge is 0.416 e. The van der Waals surface area contributed by atoms with Gasteiger partial charge in [-0.05, 0) is 82.4 Å². The van der Waals surface area contributed by atoms with Crippen molar-refractivity contribution in [3.8, 4) is 0 Å². The first-order valence-electron chi connectivity index (χ1n) is 18.1. The van der Waals surface area contributed by atoms with E-state index < -0.39 is 70.4 Å². The molecule has 0 spiro atoms. The van der Waals surface area contributed by atoms with Gasteiger partial charge in [-0.1, -0.05) is 67.6 Å². The van der Waals surface area contributed by atoms with Crippen LogP contribution >= 0.6 is 0 Å². The van der Waals surface area contributed by atoms with Gasteiger partial charge in [0, 0.05) is 36.6 Å². The molecule has 0 bridgehead atoms. The third-order valence-corrected chi connectivity index (χ3v) is 10.0. The quantitative estimate of drug-likeness (QED) is 0.0653. The molecule has 6 rings (SSSR count). The Balaban J connectivity index is 1.28. The van der Waals surface area contributed by atoms with Gasteiger partial charge < -0.3 is 9.97 Å². The van der Waals surface area contributed by atoms with Crippen molar-refractivity contribution in [2.75, 3.05) is 0 Å². The number of alkyl halides is 12. The zero-order valence-electron chi connectivity index (χ0n) is 30.6. The summed E-state index contributed by atoms with van der Waals surface area (Å²) in [7, 11) is 3.72. The lowest BCUT2D eigenvalue weighted by atomic mass is 9.50. The maximum absolute atomic E-state index is 13.5. The van der Waals surface area contributed by atoms with E-state index in [1.807, 2.05) is 14.6 Å². The van der Waals surface area contributed by atoms with E-state index in [4.69, 9.17) is 0 Å². The van der Waals surface area contributed by atoms with Crippen molar-refractivity contribution in [3.05, 3.63) is 178 Å². The number of hydrogen-bond acceptors (Lipinski definition) is 2. The Morgan fingerprint density at radius 1 is 0.407 bits per heavy atom. The number of halogens is 12. The lowest BCUT2D eigenvalue weighted by Gasteiger charge is -2.28. The molecule has 59 heavy (non-hydrogen) atoms. The molecular formula is C41H32B2F12N4. The Kier molecular flexibility index (Phi) is 12.8. The van der Waals surface area contributed by atoms with Gasteiger partial charge in [0.05, 0.1) is 22.3 Å². The van der Waals surface area contributed by atoms with Crippen LogP contribution in [0.3, 0.4) is 0 Å². The van der Waals surface area contributed by atoms with Gasteiger partial charge in [0.1, 0.15) is 26.2 Å². The number of H-pyrrole nitrogens is 2. The van der Waals surface area contributed by atoms with Crippen LogP contribution in [0.15, 0.2) is 122 Å². The van der Waals surface area contributed by atoms with Crippen LogP contribution in [-0.2, 0) is 24.7 Å². The average molecular weight is 830 g/mol. The second kappa shape index (κ2) is 17.4. The SMILES string of the molecule is FC(F)(F)c1ccc(C(c2ccc(C(F)(F)F)cc2)C([B]CCC[B]C(c2ncc[nH]2)C(c2ccc(C(F)(F)F)cc2)c2ccc(C(F)(F)F)cc2)c2ncc[nH]2)cc1. The maximum Gasteiger partial charge on any atom is 0.416 e. The highest BCUT2D eigenvalue weighted by molar-refractivity contribution is 6.40. The zero-order chi connectivity index (χ0) is 42.6. The first-order valence-corrected chi connectivity index (χ1v) is 18.1. The van der Waals surface area contributed by atoms with Crippen molar-refractivity contribution in [1.29, 1.82) is 0 Å². The van der Waals surface area contributed by atoms with Gasteiger partial charge >= 0.3 is 24.7 Å². The Bertz CT molecular complexity index is 1920. The van der Waals surface area contributed by atoms with Crippen molar-refractivity contribution in [2.24, 2.45) is 0 Å². The number of aromatic nitrogens is 4. The number of imidazole rings is 2. The summed E-state index contributed by atoms with van der Waals surface area (Å²) in [6.45, 7) is 0. The Labute approximate surface area is 332 Å². The molecule has 6 aromatic rings. The highest BCUT2D eigenvalue weighted by Gasteiger charge is 2.36. The molecule has 2 aromatic heterocycles. The number of nitrogens with one attached hydrogen (secondary N) is 2. The third kappa shape index (κ3) is 10.6. The van der Waals surface area contributed by atoms with Crippen LogP contribution in [0.4, 0.5) is 52.7 Å². The normalized spacial score (nSPS) is 13.8. The minimum atomic E-state index is -4.63. The highest BCUT2D eigenvalue weighted by Crippen LogP contribution is 2.43. The molecule has 0 saturated heterocycles. The summed E-state index contributed by atoms with van der Waals surface area (Å²) in [6.07, 6.45) is -11.4. The molecular weight excluding hydrogens is 798 g/mol. The summed E-state index contributed by atoms with van der Waals surface area (Å²) in [5.74, 6) is -2.12. The highest BCUT2D eigenvalue weighted by atomic mass is 19.4. The van der Waals surface area contributed by atoms with Crippen molar-refractivity contribution in [2.45, 2.75) is 67.2 Å². The summed E-state index contributed by atoms with van der Waals surface area (Å²) >= 11 is 0. The number of aromatic amines is 2. The fourth-order valence-electron chi connectivity index (χ4n) is 7.18. The molecule has 2 radical (unpaired) electrons. The summed E-state index contributed by atoms with van der Waals surface area (Å²) in [5.41, 5.74) is -2.08. The molecule has 4 nitrogen and oxygen atoms in total. The molecule has 0 aliphatic heterocycles. The van der Waals surface area contributed by atoms with E-state index in [0.717, 1.165) is 48.5 Å². The molecule has 0 aliphatic rings. The van der Waals surface area contributed by atoms with E-state index in [2.05, 4.69) is 19.9 Å². The van der Waals surface area contributed by atoms with E-state index in [1.54, 1.807) is 0 Å². The van der Waals surface area contributed by atoms with Crippen LogP contribution in [0.5, 0.6) is 0 Å². The van der Waals surface area contributed by atoms with Gasteiger partial charge in [0.25, 0.3) is 0 Å². The van der Waals surface area contributed by atoms with Crippen LogP contribution in [0.25, 0.3) is 0 Å². The molecule has 2 N–H and O–H groups in total.